The first-order valence-electron chi connectivity index (χ1n) is 10.5. The van der Waals surface area contributed by atoms with Crippen molar-refractivity contribution in [2.75, 3.05) is 0 Å². The molecule has 0 saturated heterocycles. The van der Waals surface area contributed by atoms with E-state index in [-0.39, 0.29) is 11.6 Å². The highest BCUT2D eigenvalue weighted by molar-refractivity contribution is 7.18. The highest BCUT2D eigenvalue weighted by Crippen LogP contribution is 2.29. The molecule has 1 aromatic carbocycles. The lowest BCUT2D eigenvalue weighted by atomic mass is 9.98. The first kappa shape index (κ1) is 20.6. The van der Waals surface area contributed by atoms with E-state index in [9.17, 15) is 4.79 Å². The van der Waals surface area contributed by atoms with Crippen LogP contribution < -0.4 is 10.9 Å². The van der Waals surface area contributed by atoms with Gasteiger partial charge in [-0.05, 0) is 37.0 Å². The lowest BCUT2D eigenvalue weighted by Gasteiger charge is -2.13. The maximum absolute atomic E-state index is 12.9. The summed E-state index contributed by atoms with van der Waals surface area (Å²) in [7, 11) is 0. The fourth-order valence-electron chi connectivity index (χ4n) is 3.83. The number of quaternary nitrogens is 1. The molecule has 5 nitrogen and oxygen atoms in total. The van der Waals surface area contributed by atoms with Crippen LogP contribution in [0.1, 0.15) is 53.9 Å². The molecule has 3 aromatic heterocycles. The number of aromatic nitrogens is 2. The van der Waals surface area contributed by atoms with Crippen LogP contribution in [0.25, 0.3) is 10.2 Å². The van der Waals surface area contributed by atoms with Gasteiger partial charge in [-0.3, -0.25) is 4.79 Å². The van der Waals surface area contributed by atoms with E-state index < -0.39 is 0 Å². The third-order valence-electron chi connectivity index (χ3n) is 5.72. The fourth-order valence-corrected chi connectivity index (χ4v) is 4.90. The molecule has 0 bridgehead atoms. The number of benzene rings is 1. The molecule has 0 aliphatic rings. The average molecular weight is 423 g/mol. The molecule has 0 radical (unpaired) electrons. The summed E-state index contributed by atoms with van der Waals surface area (Å²) in [5.74, 6) is 2.12. The van der Waals surface area contributed by atoms with Crippen molar-refractivity contribution < 1.29 is 9.73 Å². The number of hydrogen-bond donors (Lipinski definition) is 2. The van der Waals surface area contributed by atoms with Gasteiger partial charge in [-0.2, -0.15) is 0 Å². The van der Waals surface area contributed by atoms with Gasteiger partial charge in [0.05, 0.1) is 11.6 Å². The van der Waals surface area contributed by atoms with Crippen LogP contribution in [-0.2, 0) is 13.0 Å². The SMILES string of the molecule is CC[C@@H](C)Cc1c(C)sc2nc(C[NH2+][C@@H](c3ccccc3)c3ccco3)[nH]c(=O)c12. The zero-order valence-corrected chi connectivity index (χ0v) is 18.5. The highest BCUT2D eigenvalue weighted by Gasteiger charge is 2.22. The van der Waals surface area contributed by atoms with Gasteiger partial charge in [-0.15, -0.1) is 11.3 Å². The first-order valence-corrected chi connectivity index (χ1v) is 11.3. The lowest BCUT2D eigenvalue weighted by molar-refractivity contribution is -0.705. The second-order valence-electron chi connectivity index (χ2n) is 7.89. The van der Waals surface area contributed by atoms with Crippen molar-refractivity contribution in [3.8, 4) is 0 Å². The predicted molar refractivity (Wildman–Crippen MR) is 121 cm³/mol. The molecule has 2 atom stereocenters. The van der Waals surface area contributed by atoms with Gasteiger partial charge in [0.1, 0.15) is 11.4 Å². The van der Waals surface area contributed by atoms with Crippen molar-refractivity contribution in [2.24, 2.45) is 5.92 Å². The Morgan fingerprint density at radius 2 is 2.00 bits per heavy atom. The van der Waals surface area contributed by atoms with Gasteiger partial charge in [0, 0.05) is 10.4 Å². The minimum Gasteiger partial charge on any atom is -0.463 e. The maximum atomic E-state index is 12.9. The summed E-state index contributed by atoms with van der Waals surface area (Å²) in [6.07, 6.45) is 3.72. The Morgan fingerprint density at radius 1 is 1.20 bits per heavy atom. The van der Waals surface area contributed by atoms with Crippen LogP contribution in [0.2, 0.25) is 0 Å². The largest absolute Gasteiger partial charge is 0.463 e. The molecule has 4 aromatic rings. The molecule has 3 N–H and O–H groups in total. The lowest BCUT2D eigenvalue weighted by Crippen LogP contribution is -2.84. The molecule has 0 aliphatic carbocycles. The molecule has 0 aliphatic heterocycles. The number of fused-ring (bicyclic) bond motifs is 1. The predicted octanol–water partition coefficient (Wildman–Crippen LogP) is 4.33. The summed E-state index contributed by atoms with van der Waals surface area (Å²) >= 11 is 1.62. The van der Waals surface area contributed by atoms with Gasteiger partial charge < -0.3 is 14.7 Å². The molecule has 0 saturated carbocycles. The summed E-state index contributed by atoms with van der Waals surface area (Å²) in [5.41, 5.74) is 2.28. The molecular weight excluding hydrogens is 394 g/mol. The number of rotatable bonds is 8. The number of H-pyrrole nitrogens is 1. The molecule has 0 amide bonds. The number of hydrogen-bond acceptors (Lipinski definition) is 4. The summed E-state index contributed by atoms with van der Waals surface area (Å²) in [5, 5.41) is 2.92. The number of nitrogens with two attached hydrogens (primary N) is 1. The van der Waals surface area contributed by atoms with E-state index in [1.54, 1.807) is 17.6 Å². The summed E-state index contributed by atoms with van der Waals surface area (Å²) in [6, 6.07) is 14.1. The molecule has 4 rings (SSSR count). The molecule has 30 heavy (non-hydrogen) atoms. The minimum atomic E-state index is -0.0275. The number of furan rings is 1. The number of nitrogens with zero attached hydrogens (tertiary/aromatic N) is 1. The zero-order chi connectivity index (χ0) is 21.1. The fraction of sp³-hybridized carbons (Fsp3) is 0.333. The standard InChI is InChI=1S/C24H27N3O2S/c1-4-15(2)13-18-16(3)30-24-21(18)23(28)26-20(27-24)14-25-22(19-11-8-12-29-19)17-9-6-5-7-10-17/h5-12,15,22,25H,4,13-14H2,1-3H3,(H,26,27,28)/p+1/t15-,22+/m1/s1. The Morgan fingerprint density at radius 3 is 2.70 bits per heavy atom. The van der Waals surface area contributed by atoms with Crippen molar-refractivity contribution in [1.82, 2.24) is 9.97 Å². The van der Waals surface area contributed by atoms with E-state index in [0.29, 0.717) is 18.3 Å². The van der Waals surface area contributed by atoms with Crippen molar-refractivity contribution in [3.63, 3.8) is 0 Å². The molecule has 0 unspecified atom stereocenters. The van der Waals surface area contributed by atoms with E-state index in [1.165, 1.54) is 4.88 Å². The van der Waals surface area contributed by atoms with Crippen LogP contribution in [0.5, 0.6) is 0 Å². The highest BCUT2D eigenvalue weighted by atomic mass is 32.1. The smallest absolute Gasteiger partial charge is 0.260 e. The third-order valence-corrected chi connectivity index (χ3v) is 6.76. The van der Waals surface area contributed by atoms with Gasteiger partial charge in [-0.1, -0.05) is 50.6 Å². The Balaban J connectivity index is 1.61. The van der Waals surface area contributed by atoms with Crippen molar-refractivity contribution in [1.29, 1.82) is 0 Å². The molecule has 3 heterocycles. The van der Waals surface area contributed by atoms with E-state index in [4.69, 9.17) is 9.40 Å². The zero-order valence-electron chi connectivity index (χ0n) is 17.6. The maximum Gasteiger partial charge on any atom is 0.260 e. The molecule has 156 valence electrons. The molecular formula is C24H28N3O2S+. The molecule has 0 spiro atoms. The molecule has 0 fully saturated rings. The second-order valence-corrected chi connectivity index (χ2v) is 9.09. The van der Waals surface area contributed by atoms with Gasteiger partial charge in [-0.25, -0.2) is 4.98 Å². The van der Waals surface area contributed by atoms with Gasteiger partial charge in [0.15, 0.2) is 17.6 Å². The summed E-state index contributed by atoms with van der Waals surface area (Å²) in [6.45, 7) is 7.07. The van der Waals surface area contributed by atoms with Crippen LogP contribution in [0.3, 0.4) is 0 Å². The number of aromatic amines is 1. The van der Waals surface area contributed by atoms with Crippen molar-refractivity contribution in [2.45, 2.75) is 46.2 Å². The number of nitrogens with one attached hydrogen (secondary N) is 1. The van der Waals surface area contributed by atoms with E-state index >= 15 is 0 Å². The Hall–Kier alpha value is -2.70. The second kappa shape index (κ2) is 8.98. The summed E-state index contributed by atoms with van der Waals surface area (Å²) in [4.78, 5) is 22.8. The summed E-state index contributed by atoms with van der Waals surface area (Å²) < 4.78 is 5.68. The Bertz CT molecular complexity index is 1160. The minimum absolute atomic E-state index is 0.00763. The monoisotopic (exact) mass is 422 g/mol. The third kappa shape index (κ3) is 4.25. The Labute approximate surface area is 180 Å². The molecule has 6 heteroatoms. The number of aryl methyl sites for hydroxylation is 1. The van der Waals surface area contributed by atoms with E-state index in [1.807, 2.05) is 30.3 Å². The van der Waals surface area contributed by atoms with E-state index in [0.717, 1.165) is 39.9 Å². The topological polar surface area (TPSA) is 75.5 Å². The van der Waals surface area contributed by atoms with Gasteiger partial charge in [0.2, 0.25) is 0 Å². The van der Waals surface area contributed by atoms with Crippen molar-refractivity contribution in [3.05, 3.63) is 86.7 Å². The van der Waals surface area contributed by atoms with Crippen LogP contribution >= 0.6 is 11.3 Å². The van der Waals surface area contributed by atoms with Crippen LogP contribution in [-0.4, -0.2) is 9.97 Å². The number of thiophene rings is 1. The van der Waals surface area contributed by atoms with Gasteiger partial charge >= 0.3 is 0 Å². The normalized spacial score (nSPS) is 13.6. The van der Waals surface area contributed by atoms with Crippen LogP contribution in [0.4, 0.5) is 0 Å². The van der Waals surface area contributed by atoms with Crippen LogP contribution in [0.15, 0.2) is 57.9 Å². The Kier molecular flexibility index (Phi) is 6.16. The first-order chi connectivity index (χ1) is 14.6. The average Bonchev–Trinajstić information content (AvgIpc) is 3.37. The van der Waals surface area contributed by atoms with Crippen LogP contribution in [0, 0.1) is 12.8 Å². The van der Waals surface area contributed by atoms with Gasteiger partial charge in [0.25, 0.3) is 5.56 Å². The van der Waals surface area contributed by atoms with Crippen molar-refractivity contribution >= 4 is 21.6 Å². The van der Waals surface area contributed by atoms with E-state index in [2.05, 4.69) is 43.2 Å². The quantitative estimate of drug-likeness (QED) is 0.444.